The standard InChI is InChI=1S/C22H24N2O4/c1-23(2)21(26)20-11-14(25)12-24(20)22(27)28-13-19-17-9-5-3-7-15(17)16-8-4-6-10-18(16)19/h3-10,14,19-20,25H,11-13H2,1-2H3/t14-,20-/m0/s1. The Bertz CT molecular complexity index is 865. The molecule has 28 heavy (non-hydrogen) atoms. The van der Waals surface area contributed by atoms with Gasteiger partial charge >= 0.3 is 6.09 Å². The fourth-order valence-corrected chi connectivity index (χ4v) is 4.22. The number of amides is 2. The molecule has 2 amide bonds. The summed E-state index contributed by atoms with van der Waals surface area (Å²) in [4.78, 5) is 27.9. The van der Waals surface area contributed by atoms with E-state index in [9.17, 15) is 14.7 Å². The number of fused-ring (bicyclic) bond motifs is 3. The molecule has 4 rings (SSSR count). The number of nitrogens with zero attached hydrogens (tertiary/aromatic N) is 2. The van der Waals surface area contributed by atoms with Crippen LogP contribution in [0.15, 0.2) is 48.5 Å². The van der Waals surface area contributed by atoms with E-state index in [1.807, 2.05) is 24.3 Å². The van der Waals surface area contributed by atoms with Gasteiger partial charge in [0, 0.05) is 26.4 Å². The number of rotatable bonds is 3. The van der Waals surface area contributed by atoms with Crippen molar-refractivity contribution in [3.05, 3.63) is 59.7 Å². The second-order valence-corrected chi connectivity index (χ2v) is 7.59. The number of carbonyl (C=O) groups excluding carboxylic acids is 2. The zero-order valence-corrected chi connectivity index (χ0v) is 16.0. The third kappa shape index (κ3) is 3.14. The number of β-amino-alcohol motifs (C(OH)–C–C–N with tert-alkyl or cyclic N) is 1. The number of aliphatic hydroxyl groups excluding tert-OH is 1. The van der Waals surface area contributed by atoms with Gasteiger partial charge in [0.15, 0.2) is 0 Å². The van der Waals surface area contributed by atoms with Gasteiger partial charge in [-0.3, -0.25) is 9.69 Å². The lowest BCUT2D eigenvalue weighted by Gasteiger charge is -2.26. The van der Waals surface area contributed by atoms with Crippen LogP contribution in [0.1, 0.15) is 23.5 Å². The van der Waals surface area contributed by atoms with E-state index >= 15 is 0 Å². The molecule has 1 fully saturated rings. The highest BCUT2D eigenvalue weighted by atomic mass is 16.6. The molecule has 2 atom stereocenters. The van der Waals surface area contributed by atoms with Gasteiger partial charge in [-0.15, -0.1) is 0 Å². The number of hydrogen-bond acceptors (Lipinski definition) is 4. The monoisotopic (exact) mass is 380 g/mol. The number of likely N-dealkylation sites (tertiary alicyclic amines) is 1. The van der Waals surface area contributed by atoms with Crippen LogP contribution in [-0.4, -0.2) is 66.3 Å². The van der Waals surface area contributed by atoms with Crippen LogP contribution in [0.4, 0.5) is 4.79 Å². The molecule has 1 N–H and O–H groups in total. The number of ether oxygens (including phenoxy) is 1. The van der Waals surface area contributed by atoms with Gasteiger partial charge in [-0.1, -0.05) is 48.5 Å². The third-order valence-electron chi connectivity index (χ3n) is 5.58. The minimum atomic E-state index is -0.714. The highest BCUT2D eigenvalue weighted by Gasteiger charge is 2.41. The number of aliphatic hydroxyl groups is 1. The molecule has 0 aromatic heterocycles. The van der Waals surface area contributed by atoms with Crippen molar-refractivity contribution in [2.75, 3.05) is 27.2 Å². The molecule has 0 unspecified atom stereocenters. The molecule has 0 radical (unpaired) electrons. The normalized spacial score (nSPS) is 20.6. The average Bonchev–Trinajstić information content (AvgIpc) is 3.24. The van der Waals surface area contributed by atoms with E-state index in [1.165, 1.54) is 9.80 Å². The van der Waals surface area contributed by atoms with Gasteiger partial charge in [0.2, 0.25) is 5.91 Å². The summed E-state index contributed by atoms with van der Waals surface area (Å²) >= 11 is 0. The molecule has 146 valence electrons. The molecular formula is C22H24N2O4. The van der Waals surface area contributed by atoms with E-state index in [0.29, 0.717) is 0 Å². The fraction of sp³-hybridized carbons (Fsp3) is 0.364. The van der Waals surface area contributed by atoms with Crippen LogP contribution in [0, 0.1) is 0 Å². The summed E-state index contributed by atoms with van der Waals surface area (Å²) in [6.45, 7) is 0.309. The Hall–Kier alpha value is -2.86. The van der Waals surface area contributed by atoms with E-state index in [0.717, 1.165) is 22.3 Å². The van der Waals surface area contributed by atoms with E-state index < -0.39 is 18.2 Å². The first-order chi connectivity index (χ1) is 13.5. The lowest BCUT2D eigenvalue weighted by atomic mass is 9.98. The molecule has 1 aliphatic carbocycles. The highest BCUT2D eigenvalue weighted by molar-refractivity contribution is 5.86. The predicted molar refractivity (Wildman–Crippen MR) is 105 cm³/mol. The first-order valence-electron chi connectivity index (χ1n) is 9.48. The van der Waals surface area contributed by atoms with Crippen LogP contribution in [0.2, 0.25) is 0 Å². The van der Waals surface area contributed by atoms with Crippen molar-refractivity contribution in [3.63, 3.8) is 0 Å². The maximum atomic E-state index is 12.7. The van der Waals surface area contributed by atoms with Crippen molar-refractivity contribution < 1.29 is 19.4 Å². The Balaban J connectivity index is 1.52. The minimum Gasteiger partial charge on any atom is -0.448 e. The Morgan fingerprint density at radius 3 is 2.21 bits per heavy atom. The van der Waals surface area contributed by atoms with Crippen molar-refractivity contribution in [1.29, 1.82) is 0 Å². The van der Waals surface area contributed by atoms with Crippen molar-refractivity contribution in [3.8, 4) is 11.1 Å². The largest absolute Gasteiger partial charge is 0.448 e. The Morgan fingerprint density at radius 1 is 1.07 bits per heavy atom. The van der Waals surface area contributed by atoms with Gasteiger partial charge < -0.3 is 14.7 Å². The number of likely N-dealkylation sites (N-methyl/N-ethyl adjacent to an activating group) is 1. The molecule has 6 nitrogen and oxygen atoms in total. The third-order valence-corrected chi connectivity index (χ3v) is 5.58. The van der Waals surface area contributed by atoms with Crippen LogP contribution in [0.3, 0.4) is 0 Å². The molecule has 0 saturated carbocycles. The molecule has 1 aliphatic heterocycles. The summed E-state index contributed by atoms with van der Waals surface area (Å²) in [7, 11) is 3.28. The van der Waals surface area contributed by atoms with Crippen LogP contribution in [-0.2, 0) is 9.53 Å². The quantitative estimate of drug-likeness (QED) is 0.888. The van der Waals surface area contributed by atoms with Crippen molar-refractivity contribution >= 4 is 12.0 Å². The van der Waals surface area contributed by atoms with Crippen LogP contribution < -0.4 is 0 Å². The Labute approximate surface area is 164 Å². The molecule has 1 saturated heterocycles. The van der Waals surface area contributed by atoms with Crippen molar-refractivity contribution in [2.45, 2.75) is 24.5 Å². The molecule has 1 heterocycles. The first-order valence-corrected chi connectivity index (χ1v) is 9.48. The summed E-state index contributed by atoms with van der Waals surface area (Å²) in [5, 5.41) is 9.97. The highest BCUT2D eigenvalue weighted by Crippen LogP contribution is 2.44. The van der Waals surface area contributed by atoms with Crippen LogP contribution in [0.25, 0.3) is 11.1 Å². The summed E-state index contributed by atoms with van der Waals surface area (Å²) in [5.74, 6) is -0.239. The van der Waals surface area contributed by atoms with Gasteiger partial charge in [0.1, 0.15) is 12.6 Å². The van der Waals surface area contributed by atoms with Crippen molar-refractivity contribution in [2.24, 2.45) is 0 Å². The summed E-state index contributed by atoms with van der Waals surface area (Å²) in [5.41, 5.74) is 4.60. The summed E-state index contributed by atoms with van der Waals surface area (Å²) < 4.78 is 5.64. The number of benzene rings is 2. The summed E-state index contributed by atoms with van der Waals surface area (Å²) in [6.07, 6.45) is -1.03. The predicted octanol–water partition coefficient (Wildman–Crippen LogP) is 2.46. The topological polar surface area (TPSA) is 70.1 Å². The van der Waals surface area contributed by atoms with Gasteiger partial charge in [0.25, 0.3) is 0 Å². The Morgan fingerprint density at radius 2 is 1.64 bits per heavy atom. The van der Waals surface area contributed by atoms with Crippen LogP contribution in [0.5, 0.6) is 0 Å². The van der Waals surface area contributed by atoms with Gasteiger partial charge in [-0.05, 0) is 22.3 Å². The maximum Gasteiger partial charge on any atom is 0.410 e. The minimum absolute atomic E-state index is 0.0353. The molecule has 0 spiro atoms. The number of carbonyl (C=O) groups is 2. The lowest BCUT2D eigenvalue weighted by molar-refractivity contribution is -0.133. The van der Waals surface area contributed by atoms with Gasteiger partial charge in [0.05, 0.1) is 12.6 Å². The molecule has 2 aromatic carbocycles. The molecular weight excluding hydrogens is 356 g/mol. The second-order valence-electron chi connectivity index (χ2n) is 7.59. The first kappa shape index (κ1) is 18.5. The summed E-state index contributed by atoms with van der Waals surface area (Å²) in [6, 6.07) is 15.6. The molecule has 2 aliphatic rings. The average molecular weight is 380 g/mol. The van der Waals surface area contributed by atoms with E-state index in [1.54, 1.807) is 14.1 Å². The van der Waals surface area contributed by atoms with Crippen LogP contribution >= 0.6 is 0 Å². The molecule has 2 aromatic rings. The van der Waals surface area contributed by atoms with Gasteiger partial charge in [-0.2, -0.15) is 0 Å². The second kappa shape index (κ2) is 7.28. The Kier molecular flexibility index (Phi) is 4.81. The van der Waals surface area contributed by atoms with E-state index in [2.05, 4.69) is 24.3 Å². The zero-order chi connectivity index (χ0) is 19.8. The fourth-order valence-electron chi connectivity index (χ4n) is 4.22. The number of hydrogen-bond donors (Lipinski definition) is 1. The smallest absolute Gasteiger partial charge is 0.410 e. The molecule has 6 heteroatoms. The lowest BCUT2D eigenvalue weighted by Crippen LogP contribution is -2.45. The van der Waals surface area contributed by atoms with E-state index in [-0.39, 0.29) is 31.4 Å². The maximum absolute atomic E-state index is 12.7. The zero-order valence-electron chi connectivity index (χ0n) is 16.0. The molecule has 0 bridgehead atoms. The van der Waals surface area contributed by atoms with Gasteiger partial charge in [-0.25, -0.2) is 4.79 Å². The SMILES string of the molecule is CN(C)C(=O)[C@@H]1C[C@H](O)CN1C(=O)OCC1c2ccccc2-c2ccccc21. The van der Waals surface area contributed by atoms with E-state index in [4.69, 9.17) is 4.74 Å². The van der Waals surface area contributed by atoms with Crippen molar-refractivity contribution in [1.82, 2.24) is 9.80 Å².